The Kier molecular flexibility index (Phi) is 14.6. The Bertz CT molecular complexity index is 266. The quantitative estimate of drug-likeness (QED) is 0.427. The van der Waals surface area contributed by atoms with Gasteiger partial charge in [0.25, 0.3) is 0 Å². The summed E-state index contributed by atoms with van der Waals surface area (Å²) in [7, 11) is 0. The van der Waals surface area contributed by atoms with E-state index in [9.17, 15) is 29.4 Å². The van der Waals surface area contributed by atoms with Gasteiger partial charge in [0.05, 0.1) is 23.8 Å². The standard InChI is InChI=1S/2C6H10O3.Pd/c2*1-3-5(4(2)7)6(8)9;/h2*5H,3H2,1-2H3,(H,8,9);/q;;+2/p-2. The van der Waals surface area contributed by atoms with E-state index in [4.69, 9.17) is 0 Å². The Morgan fingerprint density at radius 1 is 0.789 bits per heavy atom. The van der Waals surface area contributed by atoms with Crippen LogP contribution in [0, 0.1) is 11.8 Å². The van der Waals surface area contributed by atoms with Gasteiger partial charge < -0.3 is 19.8 Å². The van der Waals surface area contributed by atoms with Gasteiger partial charge in [0.2, 0.25) is 0 Å². The van der Waals surface area contributed by atoms with Crippen LogP contribution in [0.4, 0.5) is 0 Å². The van der Waals surface area contributed by atoms with Gasteiger partial charge in [-0.05, 0) is 26.7 Å². The van der Waals surface area contributed by atoms with Gasteiger partial charge in [0.1, 0.15) is 11.6 Å². The molecule has 2 unspecified atom stereocenters. The molecule has 0 aromatic carbocycles. The van der Waals surface area contributed by atoms with Crippen LogP contribution in [0.5, 0.6) is 0 Å². The maximum absolute atomic E-state index is 10.4. The second-order valence-corrected chi connectivity index (χ2v) is 3.78. The molecule has 0 aromatic rings. The van der Waals surface area contributed by atoms with Crippen molar-refractivity contribution in [3.05, 3.63) is 0 Å². The summed E-state index contributed by atoms with van der Waals surface area (Å²) in [4.78, 5) is 40.9. The van der Waals surface area contributed by atoms with Gasteiger partial charge in [0, 0.05) is 0 Å². The molecule has 0 aromatic heterocycles. The summed E-state index contributed by atoms with van der Waals surface area (Å²) in [5.74, 6) is -5.04. The van der Waals surface area contributed by atoms with Crippen molar-refractivity contribution in [1.82, 2.24) is 0 Å². The van der Waals surface area contributed by atoms with E-state index >= 15 is 0 Å². The number of carboxylic acid groups (broad SMARTS) is 2. The number of hydrogen-bond donors (Lipinski definition) is 0. The smallest absolute Gasteiger partial charge is 0.549 e. The number of carboxylic acids is 2. The first-order valence-corrected chi connectivity index (χ1v) is 5.61. The second kappa shape index (κ2) is 12.0. The molecule has 0 heterocycles. The molecule has 0 fully saturated rings. The monoisotopic (exact) mass is 364 g/mol. The minimum atomic E-state index is -1.27. The first kappa shape index (κ1) is 23.1. The van der Waals surface area contributed by atoms with Crippen molar-refractivity contribution in [1.29, 1.82) is 0 Å². The Morgan fingerprint density at radius 2 is 1.00 bits per heavy atom. The number of ketones is 2. The fourth-order valence-corrected chi connectivity index (χ4v) is 1.24. The average Bonchev–Trinajstić information content (AvgIpc) is 2.17. The van der Waals surface area contributed by atoms with E-state index in [1.54, 1.807) is 13.8 Å². The Balaban J connectivity index is -0.000000256. The summed E-state index contributed by atoms with van der Waals surface area (Å²) in [6.07, 6.45) is 0.634. The van der Waals surface area contributed by atoms with E-state index in [-0.39, 0.29) is 32.0 Å². The molecule has 0 bridgehead atoms. The van der Waals surface area contributed by atoms with Gasteiger partial charge >= 0.3 is 20.4 Å². The van der Waals surface area contributed by atoms with Crippen molar-refractivity contribution < 1.29 is 49.8 Å². The summed E-state index contributed by atoms with van der Waals surface area (Å²) in [5.41, 5.74) is 0. The van der Waals surface area contributed by atoms with E-state index in [0.29, 0.717) is 12.8 Å². The number of rotatable bonds is 6. The number of carbonyl (C=O) groups is 4. The minimum absolute atomic E-state index is 0. The topological polar surface area (TPSA) is 114 Å². The summed E-state index contributed by atoms with van der Waals surface area (Å²) >= 11 is 0. The largest absolute Gasteiger partial charge is 2.00 e. The van der Waals surface area contributed by atoms with Crippen molar-refractivity contribution in [3.63, 3.8) is 0 Å². The zero-order chi connectivity index (χ0) is 14.9. The maximum Gasteiger partial charge on any atom is 2.00 e. The minimum Gasteiger partial charge on any atom is -0.549 e. The average molecular weight is 365 g/mol. The SMILES string of the molecule is CCC(C(C)=O)C(=O)[O-].CCC(C(C)=O)C(=O)[O-].[Pd+2]. The van der Waals surface area contributed by atoms with E-state index < -0.39 is 23.8 Å². The Hall–Kier alpha value is -1.06. The number of carbonyl (C=O) groups excluding carboxylic acids is 4. The molecule has 0 saturated heterocycles. The molecule has 0 aliphatic heterocycles. The molecule has 0 spiro atoms. The van der Waals surface area contributed by atoms with E-state index in [1.807, 2.05) is 0 Å². The Labute approximate surface area is 126 Å². The van der Waals surface area contributed by atoms with Crippen LogP contribution in [0.2, 0.25) is 0 Å². The van der Waals surface area contributed by atoms with Gasteiger partial charge in [-0.25, -0.2) is 0 Å². The van der Waals surface area contributed by atoms with Crippen molar-refractivity contribution in [2.24, 2.45) is 11.8 Å². The predicted octanol–water partition coefficient (Wildman–Crippen LogP) is -1.30. The van der Waals surface area contributed by atoms with E-state index in [2.05, 4.69) is 0 Å². The third-order valence-corrected chi connectivity index (χ3v) is 2.37. The molecule has 0 rings (SSSR count). The van der Waals surface area contributed by atoms with Crippen LogP contribution in [0.3, 0.4) is 0 Å². The van der Waals surface area contributed by atoms with Crippen LogP contribution in [0.25, 0.3) is 0 Å². The van der Waals surface area contributed by atoms with Crippen molar-refractivity contribution >= 4 is 23.5 Å². The van der Waals surface area contributed by atoms with E-state index in [1.165, 1.54) is 13.8 Å². The van der Waals surface area contributed by atoms with Crippen molar-refractivity contribution in [2.45, 2.75) is 40.5 Å². The van der Waals surface area contributed by atoms with Crippen molar-refractivity contribution in [2.75, 3.05) is 0 Å². The van der Waals surface area contributed by atoms with Crippen LogP contribution in [-0.2, 0) is 39.6 Å². The fraction of sp³-hybridized carbons (Fsp3) is 0.667. The van der Waals surface area contributed by atoms with Gasteiger partial charge in [-0.3, -0.25) is 9.59 Å². The zero-order valence-electron chi connectivity index (χ0n) is 11.3. The van der Waals surface area contributed by atoms with Gasteiger partial charge in [-0.15, -0.1) is 0 Å². The molecule has 19 heavy (non-hydrogen) atoms. The molecule has 6 nitrogen and oxygen atoms in total. The van der Waals surface area contributed by atoms with Crippen LogP contribution < -0.4 is 10.2 Å². The molecule has 0 saturated carbocycles. The number of aliphatic carboxylic acids is 2. The third kappa shape index (κ3) is 10.5. The van der Waals surface area contributed by atoms with Crippen LogP contribution in [0.15, 0.2) is 0 Å². The van der Waals surface area contributed by atoms with Gasteiger partial charge in [-0.2, -0.15) is 0 Å². The zero-order valence-corrected chi connectivity index (χ0v) is 12.9. The second-order valence-electron chi connectivity index (χ2n) is 3.78. The predicted molar refractivity (Wildman–Crippen MR) is 58.9 cm³/mol. The molecule has 112 valence electrons. The number of hydrogen-bond acceptors (Lipinski definition) is 6. The third-order valence-electron chi connectivity index (χ3n) is 2.37. The maximum atomic E-state index is 10.4. The normalized spacial score (nSPS) is 12.0. The summed E-state index contributed by atoms with van der Waals surface area (Å²) in [6.45, 7) is 5.79. The van der Waals surface area contributed by atoms with Crippen molar-refractivity contribution in [3.8, 4) is 0 Å². The molecule has 0 aliphatic rings. The molecule has 2 atom stereocenters. The molecule has 0 aliphatic carbocycles. The first-order chi connectivity index (χ1) is 8.18. The summed E-state index contributed by atoms with van der Waals surface area (Å²) in [6, 6.07) is 0. The molecule has 0 amide bonds. The Morgan fingerprint density at radius 3 is 1.00 bits per heavy atom. The van der Waals surface area contributed by atoms with Gasteiger partial charge in [0.15, 0.2) is 0 Å². The van der Waals surface area contributed by atoms with Crippen LogP contribution in [-0.4, -0.2) is 23.5 Å². The summed E-state index contributed by atoms with van der Waals surface area (Å²) in [5, 5.41) is 20.1. The molecular formula is C12H18O6Pd. The van der Waals surface area contributed by atoms with Crippen LogP contribution >= 0.6 is 0 Å². The molecule has 7 heteroatoms. The van der Waals surface area contributed by atoms with Crippen LogP contribution in [0.1, 0.15) is 40.5 Å². The molecule has 0 radical (unpaired) electrons. The molecular weight excluding hydrogens is 347 g/mol. The number of Topliss-reactive ketones (excluding diaryl/α,β-unsaturated/α-hetero) is 2. The summed E-state index contributed by atoms with van der Waals surface area (Å²) < 4.78 is 0. The first-order valence-electron chi connectivity index (χ1n) is 5.61. The van der Waals surface area contributed by atoms with Gasteiger partial charge in [-0.1, -0.05) is 13.8 Å². The fourth-order valence-electron chi connectivity index (χ4n) is 1.24. The van der Waals surface area contributed by atoms with E-state index in [0.717, 1.165) is 0 Å². The molecule has 0 N–H and O–H groups in total.